The maximum atomic E-state index is 12.5. The molecule has 2 aromatic carbocycles. The fraction of sp³-hybridized carbons (Fsp3) is 0.208. The average molecular weight is 400 g/mol. The summed E-state index contributed by atoms with van der Waals surface area (Å²) in [5.74, 6) is 0.540. The summed E-state index contributed by atoms with van der Waals surface area (Å²) < 4.78 is 2.25. The van der Waals surface area contributed by atoms with Gasteiger partial charge in [0.15, 0.2) is 0 Å². The van der Waals surface area contributed by atoms with Gasteiger partial charge in [-0.3, -0.25) is 9.59 Å². The number of nitrogens with one attached hydrogen (secondary N) is 2. The molecule has 1 aliphatic heterocycles. The van der Waals surface area contributed by atoms with Gasteiger partial charge < -0.3 is 15.2 Å². The molecular weight excluding hydrogens is 376 g/mol. The molecule has 0 aliphatic carbocycles. The van der Waals surface area contributed by atoms with Crippen molar-refractivity contribution in [2.75, 3.05) is 12.4 Å². The summed E-state index contributed by atoms with van der Waals surface area (Å²) in [5, 5.41) is 5.56. The van der Waals surface area contributed by atoms with E-state index in [1.54, 1.807) is 37.4 Å². The molecular formula is C24H24N4O2. The molecule has 0 radical (unpaired) electrons. The second-order valence-electron chi connectivity index (χ2n) is 7.25. The first-order valence-corrected chi connectivity index (χ1v) is 10.1. The standard InChI is InChI=1S/C24H24N4O2/c1-25-24(30)18-12-9-17(10-13-18)11-14-22(29)27-21-8-3-2-7-20(21)23-26-16-19-6-4-5-15-28(19)23/h2-3,7-14,16H,4-6,15H2,1H3,(H,25,30)(H,27,29)/b14-11+. The second-order valence-corrected chi connectivity index (χ2v) is 7.25. The number of fused-ring (bicyclic) bond motifs is 1. The molecule has 2 heterocycles. The number of hydrogen-bond donors (Lipinski definition) is 2. The molecule has 0 saturated heterocycles. The first-order chi connectivity index (χ1) is 14.7. The van der Waals surface area contributed by atoms with Gasteiger partial charge in [0.25, 0.3) is 5.91 Å². The molecule has 1 aliphatic rings. The Morgan fingerprint density at radius 2 is 1.87 bits per heavy atom. The number of carbonyl (C=O) groups is 2. The number of carbonyl (C=O) groups excluding carboxylic acids is 2. The van der Waals surface area contributed by atoms with E-state index in [1.165, 1.54) is 18.2 Å². The first-order valence-electron chi connectivity index (χ1n) is 10.1. The molecule has 0 spiro atoms. The molecule has 2 N–H and O–H groups in total. The van der Waals surface area contributed by atoms with Crippen molar-refractivity contribution in [1.82, 2.24) is 14.9 Å². The van der Waals surface area contributed by atoms with E-state index in [2.05, 4.69) is 20.2 Å². The van der Waals surface area contributed by atoms with Crippen LogP contribution in [-0.2, 0) is 17.8 Å². The van der Waals surface area contributed by atoms with Crippen LogP contribution in [0, 0.1) is 0 Å². The lowest BCUT2D eigenvalue weighted by molar-refractivity contribution is -0.111. The molecule has 3 aromatic rings. The smallest absolute Gasteiger partial charge is 0.251 e. The van der Waals surface area contributed by atoms with E-state index < -0.39 is 0 Å². The van der Waals surface area contributed by atoms with Crippen LogP contribution in [0.5, 0.6) is 0 Å². The van der Waals surface area contributed by atoms with Gasteiger partial charge in [-0.25, -0.2) is 4.98 Å². The fourth-order valence-corrected chi connectivity index (χ4v) is 3.67. The monoisotopic (exact) mass is 400 g/mol. The number of aromatic nitrogens is 2. The average Bonchev–Trinajstić information content (AvgIpc) is 3.22. The number of rotatable bonds is 5. The van der Waals surface area contributed by atoms with Crippen LogP contribution >= 0.6 is 0 Å². The van der Waals surface area contributed by atoms with Crippen LogP contribution in [0.25, 0.3) is 17.5 Å². The Labute approximate surface area is 175 Å². The van der Waals surface area contributed by atoms with Gasteiger partial charge in [-0.05, 0) is 55.2 Å². The maximum Gasteiger partial charge on any atom is 0.251 e. The van der Waals surface area contributed by atoms with Crippen LogP contribution < -0.4 is 10.6 Å². The third kappa shape index (κ3) is 4.17. The Balaban J connectivity index is 1.50. The van der Waals surface area contributed by atoms with E-state index in [0.717, 1.165) is 42.0 Å². The Morgan fingerprint density at radius 1 is 1.07 bits per heavy atom. The van der Waals surface area contributed by atoms with Gasteiger partial charge in [-0.1, -0.05) is 24.3 Å². The highest BCUT2D eigenvalue weighted by Gasteiger charge is 2.17. The highest BCUT2D eigenvalue weighted by molar-refractivity contribution is 6.04. The highest BCUT2D eigenvalue weighted by atomic mass is 16.2. The molecule has 0 saturated carbocycles. The van der Waals surface area contributed by atoms with Crippen LogP contribution in [0.15, 0.2) is 60.8 Å². The van der Waals surface area contributed by atoms with Crippen LogP contribution in [0.1, 0.15) is 34.5 Å². The van der Waals surface area contributed by atoms with E-state index in [4.69, 9.17) is 0 Å². The highest BCUT2D eigenvalue weighted by Crippen LogP contribution is 2.30. The minimum Gasteiger partial charge on any atom is -0.355 e. The topological polar surface area (TPSA) is 76.0 Å². The molecule has 0 unspecified atom stereocenters. The molecule has 0 bridgehead atoms. The molecule has 6 heteroatoms. The Kier molecular flexibility index (Phi) is 5.75. The fourth-order valence-electron chi connectivity index (χ4n) is 3.67. The normalized spacial score (nSPS) is 13.1. The molecule has 0 atom stereocenters. The van der Waals surface area contributed by atoms with Crippen LogP contribution in [0.3, 0.4) is 0 Å². The number of aryl methyl sites for hydroxylation is 1. The van der Waals surface area contributed by atoms with Crippen molar-refractivity contribution in [1.29, 1.82) is 0 Å². The number of anilines is 1. The molecule has 4 rings (SSSR count). The lowest BCUT2D eigenvalue weighted by Crippen LogP contribution is -2.17. The quantitative estimate of drug-likeness (QED) is 0.638. The molecule has 2 amide bonds. The van der Waals surface area contributed by atoms with E-state index in [1.807, 2.05) is 30.5 Å². The van der Waals surface area contributed by atoms with Gasteiger partial charge in [0.1, 0.15) is 5.82 Å². The Hall–Kier alpha value is -3.67. The van der Waals surface area contributed by atoms with Crippen molar-refractivity contribution in [3.8, 4) is 11.4 Å². The summed E-state index contributed by atoms with van der Waals surface area (Å²) in [6.07, 6.45) is 8.54. The van der Waals surface area contributed by atoms with Crippen molar-refractivity contribution in [2.24, 2.45) is 0 Å². The van der Waals surface area contributed by atoms with E-state index in [9.17, 15) is 9.59 Å². The summed E-state index contributed by atoms with van der Waals surface area (Å²) >= 11 is 0. The lowest BCUT2D eigenvalue weighted by atomic mass is 10.1. The van der Waals surface area contributed by atoms with E-state index in [-0.39, 0.29) is 11.8 Å². The van der Waals surface area contributed by atoms with Crippen molar-refractivity contribution < 1.29 is 9.59 Å². The zero-order valence-corrected chi connectivity index (χ0v) is 16.9. The number of hydrogen-bond acceptors (Lipinski definition) is 3. The minimum atomic E-state index is -0.219. The SMILES string of the molecule is CNC(=O)c1ccc(/C=C/C(=O)Nc2ccccc2-c2ncc3n2CCCC3)cc1. The molecule has 6 nitrogen and oxygen atoms in total. The minimum absolute atomic E-state index is 0.138. The Morgan fingerprint density at radius 3 is 2.67 bits per heavy atom. The Bertz CT molecular complexity index is 1100. The second kappa shape index (κ2) is 8.78. The molecule has 1 aromatic heterocycles. The summed E-state index contributed by atoms with van der Waals surface area (Å²) in [6, 6.07) is 14.8. The molecule has 30 heavy (non-hydrogen) atoms. The van der Waals surface area contributed by atoms with Gasteiger partial charge >= 0.3 is 0 Å². The summed E-state index contributed by atoms with van der Waals surface area (Å²) in [4.78, 5) is 28.8. The molecule has 0 fully saturated rings. The lowest BCUT2D eigenvalue weighted by Gasteiger charge is -2.18. The number of imidazole rings is 1. The van der Waals surface area contributed by atoms with Crippen molar-refractivity contribution in [3.05, 3.63) is 77.6 Å². The van der Waals surface area contributed by atoms with Crippen LogP contribution in [-0.4, -0.2) is 28.4 Å². The number of para-hydroxylation sites is 1. The predicted octanol–water partition coefficient (Wildman–Crippen LogP) is 3.90. The van der Waals surface area contributed by atoms with E-state index >= 15 is 0 Å². The summed E-state index contributed by atoms with van der Waals surface area (Å²) in [7, 11) is 1.59. The number of nitrogens with zero attached hydrogens (tertiary/aromatic N) is 2. The zero-order chi connectivity index (χ0) is 20.9. The van der Waals surface area contributed by atoms with Crippen LogP contribution in [0.2, 0.25) is 0 Å². The van der Waals surface area contributed by atoms with Crippen molar-refractivity contribution in [2.45, 2.75) is 25.8 Å². The third-order valence-electron chi connectivity index (χ3n) is 5.26. The van der Waals surface area contributed by atoms with Crippen molar-refractivity contribution in [3.63, 3.8) is 0 Å². The van der Waals surface area contributed by atoms with Gasteiger partial charge in [0, 0.05) is 42.7 Å². The maximum absolute atomic E-state index is 12.5. The third-order valence-corrected chi connectivity index (χ3v) is 5.26. The van der Waals surface area contributed by atoms with Crippen molar-refractivity contribution >= 4 is 23.6 Å². The zero-order valence-electron chi connectivity index (χ0n) is 16.9. The number of amides is 2. The largest absolute Gasteiger partial charge is 0.355 e. The van der Waals surface area contributed by atoms with Gasteiger partial charge in [0.2, 0.25) is 5.91 Å². The first kappa shape index (κ1) is 19.6. The van der Waals surface area contributed by atoms with E-state index in [0.29, 0.717) is 5.56 Å². The molecule has 152 valence electrons. The van der Waals surface area contributed by atoms with Gasteiger partial charge in [0.05, 0.1) is 5.69 Å². The van der Waals surface area contributed by atoms with Gasteiger partial charge in [-0.15, -0.1) is 0 Å². The summed E-state index contributed by atoms with van der Waals surface area (Å²) in [6.45, 7) is 0.957. The number of benzene rings is 2. The van der Waals surface area contributed by atoms with Crippen LogP contribution in [0.4, 0.5) is 5.69 Å². The summed E-state index contributed by atoms with van der Waals surface area (Å²) in [5.41, 5.74) is 4.32. The van der Waals surface area contributed by atoms with Gasteiger partial charge in [-0.2, -0.15) is 0 Å². The predicted molar refractivity (Wildman–Crippen MR) is 118 cm³/mol.